The van der Waals surface area contributed by atoms with Crippen LogP contribution in [0.25, 0.3) is 5.57 Å². The van der Waals surface area contributed by atoms with Crippen LogP contribution < -0.4 is 0 Å². The first-order valence-electron chi connectivity index (χ1n) is 11.8. The zero-order chi connectivity index (χ0) is 20.2. The Balaban J connectivity index is 1.44. The Morgan fingerprint density at radius 1 is 1.14 bits per heavy atom. The number of aromatic nitrogens is 1. The van der Waals surface area contributed by atoms with Gasteiger partial charge < -0.3 is 4.74 Å². The molecule has 3 nitrogen and oxygen atoms in total. The fourth-order valence-corrected chi connectivity index (χ4v) is 7.75. The molecule has 0 N–H and O–H groups in total. The highest BCUT2D eigenvalue weighted by Gasteiger charge is 2.58. The maximum absolute atomic E-state index is 12.1. The Hall–Kier alpha value is -1.64. The molecule has 1 aromatic rings. The fourth-order valence-electron chi connectivity index (χ4n) is 7.75. The number of cyclic esters (lactones) is 1. The molecule has 4 aliphatic rings. The van der Waals surface area contributed by atoms with E-state index < -0.39 is 0 Å². The zero-order valence-corrected chi connectivity index (χ0v) is 18.2. The molecular weight excluding hydrogens is 358 g/mol. The summed E-state index contributed by atoms with van der Waals surface area (Å²) in [5, 5.41) is 0. The van der Waals surface area contributed by atoms with Crippen LogP contribution >= 0.6 is 0 Å². The molecule has 3 heteroatoms. The second-order valence-corrected chi connectivity index (χ2v) is 10.6. The van der Waals surface area contributed by atoms with Gasteiger partial charge in [-0.1, -0.05) is 26.8 Å². The number of hydrogen-bond acceptors (Lipinski definition) is 3. The fraction of sp³-hybridized carbons (Fsp3) is 0.692. The number of nitrogens with zero attached hydrogens (tertiary/aromatic N) is 1. The van der Waals surface area contributed by atoms with Gasteiger partial charge in [-0.2, -0.15) is 0 Å². The molecule has 5 rings (SSSR count). The third-order valence-corrected chi connectivity index (χ3v) is 9.48. The Bertz CT molecular complexity index is 845. The number of ether oxygens (including phenoxy) is 1. The van der Waals surface area contributed by atoms with Crippen LogP contribution in [0.5, 0.6) is 0 Å². The van der Waals surface area contributed by atoms with E-state index in [4.69, 9.17) is 4.74 Å². The van der Waals surface area contributed by atoms with Crippen LogP contribution in [0.4, 0.5) is 0 Å². The number of hydrogen-bond donors (Lipinski definition) is 0. The maximum atomic E-state index is 12.1. The van der Waals surface area contributed by atoms with Gasteiger partial charge in [-0.25, -0.2) is 0 Å². The molecule has 1 aliphatic heterocycles. The lowest BCUT2D eigenvalue weighted by Gasteiger charge is -2.58. The number of rotatable bonds is 2. The van der Waals surface area contributed by atoms with Crippen molar-refractivity contribution in [1.29, 1.82) is 0 Å². The molecule has 6 unspecified atom stereocenters. The second kappa shape index (κ2) is 6.96. The highest BCUT2D eigenvalue weighted by Crippen LogP contribution is 2.66. The number of pyridine rings is 1. The lowest BCUT2D eigenvalue weighted by atomic mass is 9.46. The van der Waals surface area contributed by atoms with Gasteiger partial charge in [-0.15, -0.1) is 0 Å². The first kappa shape index (κ1) is 19.3. The number of carbonyl (C=O) groups is 1. The Morgan fingerprint density at radius 2 is 2.00 bits per heavy atom. The minimum absolute atomic E-state index is 0.0333. The van der Waals surface area contributed by atoms with Crippen LogP contribution in [0.15, 0.2) is 24.5 Å². The maximum Gasteiger partial charge on any atom is 0.306 e. The summed E-state index contributed by atoms with van der Waals surface area (Å²) in [6.07, 6.45) is 15.6. The molecule has 1 aromatic heterocycles. The summed E-state index contributed by atoms with van der Waals surface area (Å²) in [5.74, 6) is 2.80. The lowest BCUT2D eigenvalue weighted by Crippen LogP contribution is -2.51. The van der Waals surface area contributed by atoms with Gasteiger partial charge in [0.25, 0.3) is 0 Å². The van der Waals surface area contributed by atoms with Crippen molar-refractivity contribution in [1.82, 2.24) is 4.98 Å². The highest BCUT2D eigenvalue weighted by atomic mass is 16.5. The van der Waals surface area contributed by atoms with Crippen molar-refractivity contribution < 1.29 is 9.53 Å². The Labute approximate surface area is 175 Å². The normalized spacial score (nSPS) is 41.5. The summed E-state index contributed by atoms with van der Waals surface area (Å²) in [6.45, 7) is 7.84. The molecule has 1 saturated heterocycles. The minimum Gasteiger partial charge on any atom is -0.466 e. The van der Waals surface area contributed by atoms with Crippen molar-refractivity contribution in [3.05, 3.63) is 35.7 Å². The summed E-state index contributed by atoms with van der Waals surface area (Å²) in [7, 11) is 0. The standard InChI is InChI=1S/C26H35NO2/c1-4-17-13-18(16-27-15-17)21-7-8-22-20-6-5-19-14-24(28)29-12-11-25(19,2)23(20)9-10-26(21,22)3/h7,13,15-16,19-20,22-23H,4-6,8-12,14H2,1-3H3. The predicted octanol–water partition coefficient (Wildman–Crippen LogP) is 5.83. The third kappa shape index (κ3) is 2.91. The molecule has 3 fully saturated rings. The van der Waals surface area contributed by atoms with Crippen molar-refractivity contribution in [2.75, 3.05) is 6.61 Å². The van der Waals surface area contributed by atoms with E-state index in [-0.39, 0.29) is 16.8 Å². The van der Waals surface area contributed by atoms with Gasteiger partial charge in [-0.3, -0.25) is 9.78 Å². The molecule has 0 bridgehead atoms. The molecule has 0 amide bonds. The third-order valence-electron chi connectivity index (χ3n) is 9.48. The zero-order valence-electron chi connectivity index (χ0n) is 18.2. The van der Waals surface area contributed by atoms with Crippen LogP contribution in [-0.2, 0) is 16.0 Å². The predicted molar refractivity (Wildman–Crippen MR) is 115 cm³/mol. The lowest BCUT2D eigenvalue weighted by molar-refractivity contribution is -0.143. The molecular formula is C26H35NO2. The number of fused-ring (bicyclic) bond motifs is 5. The smallest absolute Gasteiger partial charge is 0.306 e. The van der Waals surface area contributed by atoms with Gasteiger partial charge >= 0.3 is 5.97 Å². The molecule has 3 aliphatic carbocycles. The van der Waals surface area contributed by atoms with E-state index in [1.807, 2.05) is 6.20 Å². The van der Waals surface area contributed by atoms with Crippen LogP contribution in [-0.4, -0.2) is 17.6 Å². The van der Waals surface area contributed by atoms with Gasteiger partial charge in [0, 0.05) is 18.8 Å². The van der Waals surface area contributed by atoms with Crippen molar-refractivity contribution >= 4 is 11.5 Å². The first-order chi connectivity index (χ1) is 14.0. The average Bonchev–Trinajstić information content (AvgIpc) is 2.99. The number of esters is 1. The topological polar surface area (TPSA) is 39.2 Å². The van der Waals surface area contributed by atoms with Crippen LogP contribution in [0.1, 0.15) is 76.8 Å². The van der Waals surface area contributed by atoms with Crippen LogP contribution in [0.2, 0.25) is 0 Å². The van der Waals surface area contributed by atoms with E-state index in [1.165, 1.54) is 43.2 Å². The van der Waals surface area contributed by atoms with Gasteiger partial charge in [0.15, 0.2) is 0 Å². The van der Waals surface area contributed by atoms with E-state index in [1.54, 1.807) is 5.57 Å². The summed E-state index contributed by atoms with van der Waals surface area (Å²) in [5.41, 5.74) is 4.77. The molecule has 2 saturated carbocycles. The van der Waals surface area contributed by atoms with Gasteiger partial charge in [0.2, 0.25) is 0 Å². The highest BCUT2D eigenvalue weighted by molar-refractivity contribution is 5.73. The van der Waals surface area contributed by atoms with E-state index >= 15 is 0 Å². The van der Waals surface area contributed by atoms with Crippen LogP contribution in [0.3, 0.4) is 0 Å². The van der Waals surface area contributed by atoms with E-state index in [9.17, 15) is 4.79 Å². The SMILES string of the molecule is CCc1cncc(C2=CCC3C4CCC5CC(=O)OCCC5(C)C4CCC23C)c1. The quantitative estimate of drug-likeness (QED) is 0.593. The molecule has 2 heterocycles. The Kier molecular flexibility index (Phi) is 4.64. The van der Waals surface area contributed by atoms with E-state index in [2.05, 4.69) is 44.1 Å². The average molecular weight is 394 g/mol. The molecule has 0 radical (unpaired) electrons. The monoisotopic (exact) mass is 393 g/mol. The molecule has 156 valence electrons. The molecule has 0 spiro atoms. The van der Waals surface area contributed by atoms with Crippen molar-refractivity contribution in [3.8, 4) is 0 Å². The van der Waals surface area contributed by atoms with Crippen molar-refractivity contribution in [3.63, 3.8) is 0 Å². The summed E-state index contributed by atoms with van der Waals surface area (Å²) in [4.78, 5) is 16.6. The minimum atomic E-state index is 0.0333. The van der Waals surface area contributed by atoms with Crippen molar-refractivity contribution in [2.24, 2.45) is 34.5 Å². The van der Waals surface area contributed by atoms with E-state index in [0.29, 0.717) is 18.9 Å². The first-order valence-corrected chi connectivity index (χ1v) is 11.8. The molecule has 0 aromatic carbocycles. The van der Waals surface area contributed by atoms with Crippen LogP contribution in [0, 0.1) is 34.5 Å². The van der Waals surface area contributed by atoms with E-state index in [0.717, 1.165) is 30.6 Å². The van der Waals surface area contributed by atoms with Gasteiger partial charge in [0.05, 0.1) is 6.61 Å². The number of aryl methyl sites for hydroxylation is 1. The number of carbonyl (C=O) groups excluding carboxylic acids is 1. The summed E-state index contributed by atoms with van der Waals surface area (Å²) < 4.78 is 5.49. The molecule has 29 heavy (non-hydrogen) atoms. The summed E-state index contributed by atoms with van der Waals surface area (Å²) in [6, 6.07) is 2.37. The second-order valence-electron chi connectivity index (χ2n) is 10.6. The van der Waals surface area contributed by atoms with Gasteiger partial charge in [-0.05, 0) is 102 Å². The largest absolute Gasteiger partial charge is 0.466 e. The number of allylic oxidation sites excluding steroid dienone is 2. The van der Waals surface area contributed by atoms with Gasteiger partial charge in [0.1, 0.15) is 0 Å². The Morgan fingerprint density at radius 3 is 2.83 bits per heavy atom. The summed E-state index contributed by atoms with van der Waals surface area (Å²) >= 11 is 0. The van der Waals surface area contributed by atoms with Crippen molar-refractivity contribution in [2.45, 2.75) is 72.1 Å². The molecule has 6 atom stereocenters.